The number of benzene rings is 2. The number of nitrogens with zero attached hydrogens (tertiary/aromatic N) is 1. The zero-order chi connectivity index (χ0) is 18.1. The van der Waals surface area contributed by atoms with Crippen molar-refractivity contribution >= 4 is 48.5 Å². The molecule has 2 aromatic carbocycles. The summed E-state index contributed by atoms with van der Waals surface area (Å²) in [6.07, 6.45) is 0. The van der Waals surface area contributed by atoms with Crippen molar-refractivity contribution in [3.05, 3.63) is 45.4 Å². The van der Waals surface area contributed by atoms with Gasteiger partial charge in [0.1, 0.15) is 16.0 Å². The third-order valence-corrected chi connectivity index (χ3v) is 5.76. The van der Waals surface area contributed by atoms with Gasteiger partial charge in [-0.25, -0.2) is 4.98 Å². The monoisotopic (exact) mass is 420 g/mol. The Morgan fingerprint density at radius 1 is 1.12 bits per heavy atom. The van der Waals surface area contributed by atoms with E-state index in [4.69, 9.17) is 9.47 Å². The molecule has 1 heterocycles. The summed E-state index contributed by atoms with van der Waals surface area (Å²) >= 11 is 4.87. The number of thiazole rings is 1. The lowest BCUT2D eigenvalue weighted by atomic mass is 10.1. The highest BCUT2D eigenvalue weighted by atomic mass is 79.9. The molecule has 3 rings (SSSR count). The topological polar surface area (TPSA) is 60.5 Å². The van der Waals surface area contributed by atoms with Crippen LogP contribution in [0.3, 0.4) is 0 Å². The van der Waals surface area contributed by atoms with Crippen LogP contribution >= 0.6 is 27.3 Å². The fourth-order valence-electron chi connectivity index (χ4n) is 2.48. The lowest BCUT2D eigenvalue weighted by Gasteiger charge is -2.11. The van der Waals surface area contributed by atoms with Crippen LogP contribution in [0.1, 0.15) is 21.5 Å². The Morgan fingerprint density at radius 3 is 2.28 bits per heavy atom. The summed E-state index contributed by atoms with van der Waals surface area (Å²) in [5.74, 6) is 0.791. The van der Waals surface area contributed by atoms with Crippen LogP contribution in [-0.2, 0) is 0 Å². The van der Waals surface area contributed by atoms with Gasteiger partial charge in [-0.1, -0.05) is 23.5 Å². The van der Waals surface area contributed by atoms with Gasteiger partial charge in [-0.15, -0.1) is 0 Å². The van der Waals surface area contributed by atoms with Gasteiger partial charge in [0, 0.05) is 5.56 Å². The van der Waals surface area contributed by atoms with Crippen molar-refractivity contribution in [2.24, 2.45) is 0 Å². The number of carbonyl (C=O) groups is 1. The number of fused-ring (bicyclic) bond motifs is 1. The highest BCUT2D eigenvalue weighted by molar-refractivity contribution is 9.10. The fraction of sp³-hybridized carbons (Fsp3) is 0.222. The molecule has 25 heavy (non-hydrogen) atoms. The van der Waals surface area contributed by atoms with E-state index in [-0.39, 0.29) is 5.91 Å². The molecular weight excluding hydrogens is 404 g/mol. The number of hydrogen-bond acceptors (Lipinski definition) is 5. The number of amides is 1. The van der Waals surface area contributed by atoms with Gasteiger partial charge in [-0.2, -0.15) is 0 Å². The number of rotatable bonds is 4. The molecule has 3 aromatic rings. The van der Waals surface area contributed by atoms with Crippen LogP contribution in [0.5, 0.6) is 11.5 Å². The Morgan fingerprint density at radius 2 is 1.72 bits per heavy atom. The second kappa shape index (κ2) is 7.01. The van der Waals surface area contributed by atoms with E-state index in [2.05, 4.69) is 32.3 Å². The summed E-state index contributed by atoms with van der Waals surface area (Å²) in [7, 11) is 3.08. The third kappa shape index (κ3) is 3.34. The molecule has 0 saturated carbocycles. The molecule has 0 aliphatic heterocycles. The molecule has 0 spiro atoms. The predicted molar refractivity (Wildman–Crippen MR) is 104 cm³/mol. The standard InChI is InChI=1S/C18H17BrN2O3S/c1-9-5-6-10(2)16-15(9)20-18(25-16)21-17(22)11-7-12(23-3)14(19)13(8-11)24-4/h5-8H,1-4H3,(H,20,21,22). The Bertz CT molecular complexity index is 904. The molecule has 0 fully saturated rings. The molecule has 7 heteroatoms. The van der Waals surface area contributed by atoms with Gasteiger partial charge in [0.05, 0.1) is 24.4 Å². The summed E-state index contributed by atoms with van der Waals surface area (Å²) in [5, 5.41) is 3.43. The quantitative estimate of drug-likeness (QED) is 0.648. The Kier molecular flexibility index (Phi) is 4.96. The van der Waals surface area contributed by atoms with Gasteiger partial charge in [-0.05, 0) is 53.0 Å². The van der Waals surface area contributed by atoms with Crippen molar-refractivity contribution < 1.29 is 14.3 Å². The number of ether oxygens (including phenoxy) is 2. The number of aryl methyl sites for hydroxylation is 2. The maximum atomic E-state index is 12.6. The van der Waals surface area contributed by atoms with Crippen LogP contribution in [0.2, 0.25) is 0 Å². The highest BCUT2D eigenvalue weighted by Crippen LogP contribution is 2.36. The maximum absolute atomic E-state index is 12.6. The first-order chi connectivity index (χ1) is 11.9. The maximum Gasteiger partial charge on any atom is 0.257 e. The second-order valence-corrected chi connectivity index (χ2v) is 7.34. The van der Waals surface area contributed by atoms with Gasteiger partial charge in [0.25, 0.3) is 5.91 Å². The van der Waals surface area contributed by atoms with E-state index < -0.39 is 0 Å². The first-order valence-electron chi connectivity index (χ1n) is 7.54. The first-order valence-corrected chi connectivity index (χ1v) is 9.15. The number of methoxy groups -OCH3 is 2. The molecule has 0 radical (unpaired) electrons. The van der Waals surface area contributed by atoms with Gasteiger partial charge in [-0.3, -0.25) is 10.1 Å². The van der Waals surface area contributed by atoms with Crippen LogP contribution in [0, 0.1) is 13.8 Å². The molecule has 0 unspecified atom stereocenters. The number of hydrogen-bond donors (Lipinski definition) is 1. The smallest absolute Gasteiger partial charge is 0.257 e. The molecule has 0 bridgehead atoms. The predicted octanol–water partition coefficient (Wildman–Crippen LogP) is 4.95. The largest absolute Gasteiger partial charge is 0.495 e. The van der Waals surface area contributed by atoms with Gasteiger partial charge >= 0.3 is 0 Å². The van der Waals surface area contributed by atoms with Crippen LogP contribution in [0.4, 0.5) is 5.13 Å². The molecule has 130 valence electrons. The fourth-order valence-corrected chi connectivity index (χ4v) is 4.04. The number of nitrogens with one attached hydrogen (secondary N) is 1. The Labute approximate surface area is 158 Å². The summed E-state index contributed by atoms with van der Waals surface area (Å²) in [6.45, 7) is 4.05. The van der Waals surface area contributed by atoms with Gasteiger partial charge in [0.2, 0.25) is 0 Å². The summed E-state index contributed by atoms with van der Waals surface area (Å²) in [4.78, 5) is 17.2. The number of halogens is 1. The van der Waals surface area contributed by atoms with Crippen LogP contribution in [0.15, 0.2) is 28.7 Å². The second-order valence-electron chi connectivity index (χ2n) is 5.54. The summed E-state index contributed by atoms with van der Waals surface area (Å²) in [5.41, 5.74) is 3.59. The van der Waals surface area contributed by atoms with Crippen LogP contribution < -0.4 is 14.8 Å². The molecule has 0 aliphatic carbocycles. The van der Waals surface area contributed by atoms with E-state index in [1.807, 2.05) is 19.9 Å². The van der Waals surface area contributed by atoms with Crippen LogP contribution in [-0.4, -0.2) is 25.1 Å². The van der Waals surface area contributed by atoms with Crippen molar-refractivity contribution in [1.29, 1.82) is 0 Å². The highest BCUT2D eigenvalue weighted by Gasteiger charge is 2.17. The average molecular weight is 421 g/mol. The average Bonchev–Trinajstić information content (AvgIpc) is 3.03. The zero-order valence-electron chi connectivity index (χ0n) is 14.3. The molecule has 0 aliphatic rings. The summed E-state index contributed by atoms with van der Waals surface area (Å²) < 4.78 is 12.3. The van der Waals surface area contributed by atoms with E-state index >= 15 is 0 Å². The molecule has 1 aromatic heterocycles. The minimum absolute atomic E-state index is 0.265. The lowest BCUT2D eigenvalue weighted by molar-refractivity contribution is 0.102. The minimum atomic E-state index is -0.265. The minimum Gasteiger partial charge on any atom is -0.495 e. The van der Waals surface area contributed by atoms with Crippen molar-refractivity contribution in [3.8, 4) is 11.5 Å². The van der Waals surface area contributed by atoms with E-state index in [9.17, 15) is 4.79 Å². The third-order valence-electron chi connectivity index (χ3n) is 3.87. The molecule has 5 nitrogen and oxygen atoms in total. The normalized spacial score (nSPS) is 10.8. The molecule has 0 atom stereocenters. The van der Waals surface area contributed by atoms with E-state index in [0.29, 0.717) is 26.7 Å². The lowest BCUT2D eigenvalue weighted by Crippen LogP contribution is -2.12. The number of anilines is 1. The molecule has 0 saturated heterocycles. The SMILES string of the molecule is COc1cc(C(=O)Nc2nc3c(C)ccc(C)c3s2)cc(OC)c1Br. The van der Waals surface area contributed by atoms with Crippen LogP contribution in [0.25, 0.3) is 10.2 Å². The van der Waals surface area contributed by atoms with E-state index in [1.54, 1.807) is 26.4 Å². The van der Waals surface area contributed by atoms with E-state index in [0.717, 1.165) is 21.3 Å². The molecule has 1 N–H and O–H groups in total. The van der Waals surface area contributed by atoms with E-state index in [1.165, 1.54) is 11.3 Å². The zero-order valence-corrected chi connectivity index (χ0v) is 16.7. The van der Waals surface area contributed by atoms with Gasteiger partial charge in [0.15, 0.2) is 5.13 Å². The van der Waals surface area contributed by atoms with Crippen molar-refractivity contribution in [1.82, 2.24) is 4.98 Å². The van der Waals surface area contributed by atoms with Crippen molar-refractivity contribution in [2.75, 3.05) is 19.5 Å². The molecular formula is C18H17BrN2O3S. The summed E-state index contributed by atoms with van der Waals surface area (Å²) in [6, 6.07) is 7.41. The molecule has 1 amide bonds. The number of aromatic nitrogens is 1. The number of carbonyl (C=O) groups excluding carboxylic acids is 1. The Hall–Kier alpha value is -2.12. The Balaban J connectivity index is 1.95. The first kappa shape index (κ1) is 17.7. The van der Waals surface area contributed by atoms with Gasteiger partial charge < -0.3 is 9.47 Å². The van der Waals surface area contributed by atoms with Crippen molar-refractivity contribution in [2.45, 2.75) is 13.8 Å². The van der Waals surface area contributed by atoms with Crippen molar-refractivity contribution in [3.63, 3.8) is 0 Å².